The van der Waals surface area contributed by atoms with Crippen LogP contribution in [0.2, 0.25) is 0 Å². The van der Waals surface area contributed by atoms with Crippen LogP contribution in [0.3, 0.4) is 0 Å². The summed E-state index contributed by atoms with van der Waals surface area (Å²) in [5.74, 6) is 0.0420. The fourth-order valence-corrected chi connectivity index (χ4v) is 4.81. The first-order chi connectivity index (χ1) is 13.7. The lowest BCUT2D eigenvalue weighted by molar-refractivity contribution is -0.155. The van der Waals surface area contributed by atoms with Gasteiger partial charge in [-0.15, -0.1) is 0 Å². The lowest BCUT2D eigenvalue weighted by Crippen LogP contribution is -2.44. The highest BCUT2D eigenvalue weighted by molar-refractivity contribution is 7.91. The lowest BCUT2D eigenvalue weighted by atomic mass is 10.2. The van der Waals surface area contributed by atoms with Gasteiger partial charge in [0.15, 0.2) is 27.4 Å². The molecule has 1 amide bonds. The second-order valence-corrected chi connectivity index (χ2v) is 8.99. The van der Waals surface area contributed by atoms with Crippen molar-refractivity contribution in [2.24, 2.45) is 0 Å². The third-order valence-electron chi connectivity index (χ3n) is 4.64. The highest BCUT2D eigenvalue weighted by atomic mass is 32.2. The first-order valence-electron chi connectivity index (χ1n) is 9.33. The third kappa shape index (κ3) is 6.22. The molecule has 0 spiro atoms. The first kappa shape index (κ1) is 22.7. The quantitative estimate of drug-likeness (QED) is 0.462. The van der Waals surface area contributed by atoms with E-state index in [4.69, 9.17) is 14.2 Å². The molecule has 1 aliphatic heterocycles. The number of amides is 1. The van der Waals surface area contributed by atoms with Gasteiger partial charge >= 0.3 is 5.97 Å². The number of ether oxygens (including phenoxy) is 3. The van der Waals surface area contributed by atoms with Gasteiger partial charge in [-0.3, -0.25) is 4.79 Å². The maximum Gasteiger partial charge on any atom is 0.331 e. The molecular weight excluding hydrogens is 398 g/mol. The molecule has 9 heteroatoms. The molecule has 8 nitrogen and oxygen atoms in total. The van der Waals surface area contributed by atoms with E-state index in [9.17, 15) is 18.0 Å². The SMILES string of the molecule is CCOc1ccc(/C=C/C(=O)O[C@H](C)C(=O)N(C)[C@@H]2CCS(=O)(=O)C2)cc1OC. The van der Waals surface area contributed by atoms with Gasteiger partial charge in [-0.1, -0.05) is 6.07 Å². The van der Waals surface area contributed by atoms with Crippen LogP contribution in [0, 0.1) is 0 Å². The summed E-state index contributed by atoms with van der Waals surface area (Å²) in [5, 5.41) is 0. The molecule has 0 unspecified atom stereocenters. The van der Waals surface area contributed by atoms with Gasteiger partial charge in [-0.2, -0.15) is 0 Å². The number of methoxy groups -OCH3 is 1. The maximum absolute atomic E-state index is 12.4. The number of hydrogen-bond acceptors (Lipinski definition) is 7. The van der Waals surface area contributed by atoms with Crippen molar-refractivity contribution in [3.63, 3.8) is 0 Å². The first-order valence-corrected chi connectivity index (χ1v) is 11.2. The van der Waals surface area contributed by atoms with Gasteiger partial charge < -0.3 is 19.1 Å². The van der Waals surface area contributed by atoms with Gasteiger partial charge in [0.1, 0.15) is 0 Å². The Labute approximate surface area is 171 Å². The molecule has 1 saturated heterocycles. The Morgan fingerprint density at radius 1 is 1.31 bits per heavy atom. The lowest BCUT2D eigenvalue weighted by Gasteiger charge is -2.26. The van der Waals surface area contributed by atoms with E-state index >= 15 is 0 Å². The molecule has 0 aliphatic carbocycles. The van der Waals surface area contributed by atoms with Crippen molar-refractivity contribution >= 4 is 27.8 Å². The Balaban J connectivity index is 1.95. The molecule has 2 rings (SSSR count). The van der Waals surface area contributed by atoms with E-state index < -0.39 is 27.8 Å². The summed E-state index contributed by atoms with van der Waals surface area (Å²) in [4.78, 5) is 25.9. The molecule has 1 aromatic carbocycles. The second-order valence-electron chi connectivity index (χ2n) is 6.76. The Morgan fingerprint density at radius 2 is 2.03 bits per heavy atom. The summed E-state index contributed by atoms with van der Waals surface area (Å²) in [5.41, 5.74) is 0.703. The summed E-state index contributed by atoms with van der Waals surface area (Å²) in [6.07, 6.45) is 2.14. The molecule has 1 heterocycles. The number of carbonyl (C=O) groups excluding carboxylic acids is 2. The van der Waals surface area contributed by atoms with Gasteiger partial charge in [0.05, 0.1) is 25.2 Å². The summed E-state index contributed by atoms with van der Waals surface area (Å²) in [6.45, 7) is 3.84. The summed E-state index contributed by atoms with van der Waals surface area (Å²) >= 11 is 0. The predicted octanol–water partition coefficient (Wildman–Crippen LogP) is 1.68. The van der Waals surface area contributed by atoms with Gasteiger partial charge in [0.25, 0.3) is 5.91 Å². The third-order valence-corrected chi connectivity index (χ3v) is 6.39. The van der Waals surface area contributed by atoms with E-state index in [1.807, 2.05) is 6.92 Å². The zero-order valence-corrected chi connectivity index (χ0v) is 17.9. The molecule has 29 heavy (non-hydrogen) atoms. The van der Waals surface area contributed by atoms with Gasteiger partial charge in [-0.25, -0.2) is 13.2 Å². The van der Waals surface area contributed by atoms with Gasteiger partial charge in [0, 0.05) is 19.2 Å². The van der Waals surface area contributed by atoms with E-state index in [1.165, 1.54) is 32.1 Å². The standard InChI is InChI=1S/C20H27NO7S/c1-5-27-17-8-6-15(12-18(17)26-4)7-9-19(22)28-14(2)20(23)21(3)16-10-11-29(24,25)13-16/h6-9,12,14,16H,5,10-11,13H2,1-4H3/b9-7+/t14-,16-/m1/s1. The van der Waals surface area contributed by atoms with Crippen LogP contribution in [0.15, 0.2) is 24.3 Å². The molecule has 0 bridgehead atoms. The summed E-state index contributed by atoms with van der Waals surface area (Å²) in [7, 11) is -0.0519. The number of carbonyl (C=O) groups is 2. The van der Waals surface area contributed by atoms with Crippen molar-refractivity contribution in [2.45, 2.75) is 32.4 Å². The molecule has 2 atom stereocenters. The van der Waals surface area contributed by atoms with Crippen LogP contribution in [-0.2, 0) is 24.2 Å². The van der Waals surface area contributed by atoms with Crippen LogP contribution in [0.5, 0.6) is 11.5 Å². The summed E-state index contributed by atoms with van der Waals surface area (Å²) < 4.78 is 39.0. The van der Waals surface area contributed by atoms with Crippen LogP contribution in [0.1, 0.15) is 25.8 Å². The number of hydrogen-bond donors (Lipinski definition) is 0. The average molecular weight is 426 g/mol. The van der Waals surface area contributed by atoms with E-state index in [1.54, 1.807) is 24.3 Å². The van der Waals surface area contributed by atoms with E-state index in [2.05, 4.69) is 0 Å². The highest BCUT2D eigenvalue weighted by Crippen LogP contribution is 2.28. The van der Waals surface area contributed by atoms with E-state index in [0.717, 1.165) is 0 Å². The Hall–Kier alpha value is -2.55. The van der Waals surface area contributed by atoms with Crippen LogP contribution in [0.4, 0.5) is 0 Å². The van der Waals surface area contributed by atoms with Crippen molar-refractivity contribution in [2.75, 3.05) is 32.3 Å². The molecule has 1 aliphatic rings. The molecule has 0 N–H and O–H groups in total. The minimum atomic E-state index is -3.11. The topological polar surface area (TPSA) is 99.2 Å². The summed E-state index contributed by atoms with van der Waals surface area (Å²) in [6, 6.07) is 4.84. The molecule has 1 fully saturated rings. The number of sulfone groups is 1. The minimum Gasteiger partial charge on any atom is -0.493 e. The van der Waals surface area contributed by atoms with Crippen molar-refractivity contribution in [1.82, 2.24) is 4.90 Å². The molecule has 0 aromatic heterocycles. The van der Waals surface area contributed by atoms with Crippen molar-refractivity contribution < 1.29 is 32.2 Å². The predicted molar refractivity (Wildman–Crippen MR) is 109 cm³/mol. The molecule has 160 valence electrons. The van der Waals surface area contributed by atoms with Crippen LogP contribution < -0.4 is 9.47 Å². The largest absolute Gasteiger partial charge is 0.493 e. The molecular formula is C20H27NO7S. The molecule has 0 saturated carbocycles. The monoisotopic (exact) mass is 425 g/mol. The fraction of sp³-hybridized carbons (Fsp3) is 0.500. The van der Waals surface area contributed by atoms with Crippen molar-refractivity contribution in [3.05, 3.63) is 29.8 Å². The maximum atomic E-state index is 12.4. The molecule has 0 radical (unpaired) electrons. The smallest absolute Gasteiger partial charge is 0.331 e. The van der Waals surface area contributed by atoms with Crippen LogP contribution in [0.25, 0.3) is 6.08 Å². The Morgan fingerprint density at radius 3 is 2.62 bits per heavy atom. The van der Waals surface area contributed by atoms with E-state index in [-0.39, 0.29) is 17.5 Å². The number of rotatable bonds is 8. The fourth-order valence-electron chi connectivity index (χ4n) is 3.04. The number of esters is 1. The van der Waals surface area contributed by atoms with Crippen molar-refractivity contribution in [3.8, 4) is 11.5 Å². The van der Waals surface area contributed by atoms with Crippen molar-refractivity contribution in [1.29, 1.82) is 0 Å². The zero-order valence-electron chi connectivity index (χ0n) is 17.1. The second kappa shape index (κ2) is 9.78. The highest BCUT2D eigenvalue weighted by Gasteiger charge is 2.34. The minimum absolute atomic E-state index is 0.0601. The molecule has 1 aromatic rings. The average Bonchev–Trinajstić information content (AvgIpc) is 3.05. The Kier molecular flexibility index (Phi) is 7.66. The van der Waals surface area contributed by atoms with E-state index in [0.29, 0.717) is 30.1 Å². The Bertz CT molecular complexity index is 879. The number of benzene rings is 1. The number of likely N-dealkylation sites (N-methyl/N-ethyl adjacent to an activating group) is 1. The van der Waals surface area contributed by atoms with Crippen LogP contribution >= 0.6 is 0 Å². The number of nitrogens with zero attached hydrogens (tertiary/aromatic N) is 1. The van der Waals surface area contributed by atoms with Gasteiger partial charge in [-0.05, 0) is 44.0 Å². The normalized spacial score (nSPS) is 19.0. The van der Waals surface area contributed by atoms with Crippen LogP contribution in [-0.4, -0.2) is 69.6 Å². The zero-order chi connectivity index (χ0) is 21.6. The van der Waals surface area contributed by atoms with Gasteiger partial charge in [0.2, 0.25) is 0 Å².